The Morgan fingerprint density at radius 2 is 1.79 bits per heavy atom. The fraction of sp³-hybridized carbons (Fsp3) is 0.533. The largest absolute Gasteiger partial charge is 0.374 e. The van der Waals surface area contributed by atoms with E-state index in [1.54, 1.807) is 11.8 Å². The SMILES string of the molecule is CCC(CC)NC(=O)C(C)Nc1ccc(SC)cc1. The van der Waals surface area contributed by atoms with Crippen LogP contribution in [-0.2, 0) is 4.79 Å². The summed E-state index contributed by atoms with van der Waals surface area (Å²) in [5.74, 6) is 0.0580. The molecule has 0 spiro atoms. The van der Waals surface area contributed by atoms with Crippen molar-refractivity contribution in [3.05, 3.63) is 24.3 Å². The van der Waals surface area contributed by atoms with E-state index >= 15 is 0 Å². The van der Waals surface area contributed by atoms with Gasteiger partial charge in [0.15, 0.2) is 0 Å². The summed E-state index contributed by atoms with van der Waals surface area (Å²) in [5, 5.41) is 6.28. The van der Waals surface area contributed by atoms with E-state index in [0.29, 0.717) is 0 Å². The van der Waals surface area contributed by atoms with Gasteiger partial charge in [-0.1, -0.05) is 13.8 Å². The van der Waals surface area contributed by atoms with E-state index in [1.165, 1.54) is 4.90 Å². The molecule has 0 saturated carbocycles. The number of thioether (sulfide) groups is 1. The van der Waals surface area contributed by atoms with Crippen molar-refractivity contribution in [2.24, 2.45) is 0 Å². The Bertz CT molecular complexity index is 388. The van der Waals surface area contributed by atoms with Crippen molar-refractivity contribution in [3.8, 4) is 0 Å². The van der Waals surface area contributed by atoms with Crippen LogP contribution in [0.4, 0.5) is 5.69 Å². The Labute approximate surface area is 120 Å². The fourth-order valence-corrected chi connectivity index (χ4v) is 2.23. The van der Waals surface area contributed by atoms with Gasteiger partial charge >= 0.3 is 0 Å². The normalized spacial score (nSPS) is 12.3. The third-order valence-electron chi connectivity index (χ3n) is 3.20. The number of anilines is 1. The first kappa shape index (κ1) is 15.9. The second kappa shape index (κ2) is 8.10. The number of hydrogen-bond acceptors (Lipinski definition) is 3. The average molecular weight is 280 g/mol. The van der Waals surface area contributed by atoms with Crippen LogP contribution in [0.1, 0.15) is 33.6 Å². The summed E-state index contributed by atoms with van der Waals surface area (Å²) < 4.78 is 0. The zero-order valence-corrected chi connectivity index (χ0v) is 13.0. The Morgan fingerprint density at radius 3 is 2.26 bits per heavy atom. The summed E-state index contributed by atoms with van der Waals surface area (Å²) in [6, 6.07) is 8.17. The first-order valence-corrected chi connectivity index (χ1v) is 8.04. The van der Waals surface area contributed by atoms with Gasteiger partial charge in [-0.05, 0) is 50.3 Å². The lowest BCUT2D eigenvalue weighted by Crippen LogP contribution is -2.42. The lowest BCUT2D eigenvalue weighted by atomic mass is 10.1. The maximum Gasteiger partial charge on any atom is 0.242 e. The van der Waals surface area contributed by atoms with Crippen molar-refractivity contribution in [1.29, 1.82) is 0 Å². The molecule has 1 atom stereocenters. The van der Waals surface area contributed by atoms with Gasteiger partial charge in [0.05, 0.1) is 0 Å². The molecule has 19 heavy (non-hydrogen) atoms. The topological polar surface area (TPSA) is 41.1 Å². The molecule has 3 nitrogen and oxygen atoms in total. The number of nitrogens with one attached hydrogen (secondary N) is 2. The van der Waals surface area contributed by atoms with Gasteiger partial charge in [0, 0.05) is 16.6 Å². The van der Waals surface area contributed by atoms with Gasteiger partial charge in [-0.3, -0.25) is 4.79 Å². The predicted molar refractivity (Wildman–Crippen MR) is 83.8 cm³/mol. The molecular weight excluding hydrogens is 256 g/mol. The Kier molecular flexibility index (Phi) is 6.78. The standard InChI is InChI=1S/C15H24N2OS/c1-5-12(6-2)17-15(18)11(3)16-13-7-9-14(19-4)10-8-13/h7-12,16H,5-6H2,1-4H3,(H,17,18). The highest BCUT2D eigenvalue weighted by Crippen LogP contribution is 2.18. The lowest BCUT2D eigenvalue weighted by Gasteiger charge is -2.20. The highest BCUT2D eigenvalue weighted by molar-refractivity contribution is 7.98. The molecule has 1 rings (SSSR count). The van der Waals surface area contributed by atoms with Crippen LogP contribution in [0.3, 0.4) is 0 Å². The first-order valence-electron chi connectivity index (χ1n) is 6.81. The summed E-state index contributed by atoms with van der Waals surface area (Å²) in [7, 11) is 0. The molecule has 0 heterocycles. The Hall–Kier alpha value is -1.16. The van der Waals surface area contributed by atoms with Gasteiger partial charge < -0.3 is 10.6 Å². The molecule has 0 fully saturated rings. The predicted octanol–water partition coefficient (Wildman–Crippen LogP) is 3.51. The maximum atomic E-state index is 12.0. The van der Waals surface area contributed by atoms with Crippen LogP contribution in [0.2, 0.25) is 0 Å². The molecule has 106 valence electrons. The van der Waals surface area contributed by atoms with Crippen LogP contribution in [0.5, 0.6) is 0 Å². The molecule has 1 amide bonds. The molecule has 0 aromatic heterocycles. The molecule has 0 bridgehead atoms. The van der Waals surface area contributed by atoms with Gasteiger partial charge in [-0.25, -0.2) is 0 Å². The van der Waals surface area contributed by atoms with E-state index in [1.807, 2.05) is 25.3 Å². The monoisotopic (exact) mass is 280 g/mol. The molecular formula is C15H24N2OS. The van der Waals surface area contributed by atoms with E-state index in [-0.39, 0.29) is 18.0 Å². The highest BCUT2D eigenvalue weighted by atomic mass is 32.2. The summed E-state index contributed by atoms with van der Waals surface area (Å²) in [4.78, 5) is 13.2. The maximum absolute atomic E-state index is 12.0. The van der Waals surface area contributed by atoms with Crippen molar-refractivity contribution in [2.75, 3.05) is 11.6 Å². The zero-order chi connectivity index (χ0) is 14.3. The van der Waals surface area contributed by atoms with Gasteiger partial charge in [-0.2, -0.15) is 0 Å². The second-order valence-corrected chi connectivity index (χ2v) is 5.50. The van der Waals surface area contributed by atoms with Crippen LogP contribution in [0, 0.1) is 0 Å². The average Bonchev–Trinajstić information content (AvgIpc) is 2.45. The summed E-state index contributed by atoms with van der Waals surface area (Å²) in [6.45, 7) is 6.07. The Balaban J connectivity index is 2.53. The fourth-order valence-electron chi connectivity index (χ4n) is 1.82. The van der Waals surface area contributed by atoms with Gasteiger partial charge in [0.25, 0.3) is 0 Å². The smallest absolute Gasteiger partial charge is 0.242 e. The van der Waals surface area contributed by atoms with Crippen LogP contribution in [0.25, 0.3) is 0 Å². The van der Waals surface area contributed by atoms with E-state index in [2.05, 4.69) is 36.6 Å². The molecule has 0 aliphatic carbocycles. The summed E-state index contributed by atoms with van der Waals surface area (Å²) >= 11 is 1.71. The number of benzene rings is 1. The van der Waals surface area contributed by atoms with Crippen molar-refractivity contribution in [1.82, 2.24) is 5.32 Å². The molecule has 1 unspecified atom stereocenters. The van der Waals surface area contributed by atoms with Gasteiger partial charge in [0.1, 0.15) is 6.04 Å². The molecule has 4 heteroatoms. The van der Waals surface area contributed by atoms with Gasteiger partial charge in [0.2, 0.25) is 5.91 Å². The molecule has 1 aromatic carbocycles. The van der Waals surface area contributed by atoms with Crippen molar-refractivity contribution < 1.29 is 4.79 Å². The zero-order valence-electron chi connectivity index (χ0n) is 12.2. The third kappa shape index (κ3) is 5.15. The summed E-state index contributed by atoms with van der Waals surface area (Å²) in [5.41, 5.74) is 0.977. The lowest BCUT2D eigenvalue weighted by molar-refractivity contribution is -0.122. The minimum atomic E-state index is -0.222. The quantitative estimate of drug-likeness (QED) is 0.751. The van der Waals surface area contributed by atoms with Crippen molar-refractivity contribution >= 4 is 23.4 Å². The number of rotatable bonds is 7. The van der Waals surface area contributed by atoms with Gasteiger partial charge in [-0.15, -0.1) is 11.8 Å². The van der Waals surface area contributed by atoms with Crippen LogP contribution in [-0.4, -0.2) is 24.2 Å². The number of amides is 1. The molecule has 2 N–H and O–H groups in total. The minimum Gasteiger partial charge on any atom is -0.374 e. The number of carbonyl (C=O) groups is 1. The van der Waals surface area contributed by atoms with Crippen molar-refractivity contribution in [2.45, 2.75) is 50.6 Å². The Morgan fingerprint density at radius 1 is 1.21 bits per heavy atom. The summed E-state index contributed by atoms with van der Waals surface area (Å²) in [6.07, 6.45) is 3.99. The number of hydrogen-bond donors (Lipinski definition) is 2. The second-order valence-electron chi connectivity index (χ2n) is 4.62. The van der Waals surface area contributed by atoms with E-state index in [0.717, 1.165) is 18.5 Å². The van der Waals surface area contributed by atoms with Crippen LogP contribution >= 0.6 is 11.8 Å². The van der Waals surface area contributed by atoms with Crippen molar-refractivity contribution in [3.63, 3.8) is 0 Å². The molecule has 0 radical (unpaired) electrons. The third-order valence-corrected chi connectivity index (χ3v) is 3.94. The molecule has 1 aromatic rings. The van der Waals surface area contributed by atoms with E-state index in [4.69, 9.17) is 0 Å². The molecule has 0 aliphatic rings. The van der Waals surface area contributed by atoms with Crippen LogP contribution in [0.15, 0.2) is 29.2 Å². The van der Waals surface area contributed by atoms with E-state index in [9.17, 15) is 4.79 Å². The highest BCUT2D eigenvalue weighted by Gasteiger charge is 2.15. The molecule has 0 saturated heterocycles. The van der Waals surface area contributed by atoms with E-state index < -0.39 is 0 Å². The first-order chi connectivity index (χ1) is 9.10. The molecule has 0 aliphatic heterocycles. The number of carbonyl (C=O) groups excluding carboxylic acids is 1. The minimum absolute atomic E-state index is 0.0580. The van der Waals surface area contributed by atoms with Crippen LogP contribution < -0.4 is 10.6 Å².